The molecular weight excluding hydrogens is 280 g/mol. The number of aliphatic hydroxyl groups excluding tert-OH is 3. The second-order valence-electron chi connectivity index (χ2n) is 4.72. The van der Waals surface area contributed by atoms with Crippen LogP contribution in [0.25, 0.3) is 11.2 Å². The fourth-order valence-electron chi connectivity index (χ4n) is 2.44. The molecule has 1 aliphatic heterocycles. The predicted octanol–water partition coefficient (Wildman–Crippen LogP) is -1.94. The molecule has 1 saturated heterocycles. The SMILES string of the molecule is CNc1nc2c(N)ncnc2n1[C@H]1O[C@@H](CO)[C@@H](O)[C@@H]1O. The summed E-state index contributed by atoms with van der Waals surface area (Å²) in [7, 11) is 1.64. The highest BCUT2D eigenvalue weighted by atomic mass is 16.6. The lowest BCUT2D eigenvalue weighted by molar-refractivity contribution is -0.0501. The van der Waals surface area contributed by atoms with Gasteiger partial charge in [-0.05, 0) is 0 Å². The third kappa shape index (κ3) is 2.00. The number of hydrogen-bond donors (Lipinski definition) is 5. The van der Waals surface area contributed by atoms with Gasteiger partial charge in [0.05, 0.1) is 6.61 Å². The fraction of sp³-hybridized carbons (Fsp3) is 0.545. The maximum Gasteiger partial charge on any atom is 0.207 e. The molecule has 1 fully saturated rings. The molecule has 114 valence electrons. The molecule has 2 aromatic heterocycles. The Balaban J connectivity index is 2.14. The van der Waals surface area contributed by atoms with Gasteiger partial charge in [0.15, 0.2) is 23.2 Å². The van der Waals surface area contributed by atoms with E-state index < -0.39 is 31.1 Å². The number of hydrogen-bond acceptors (Lipinski definition) is 9. The Morgan fingerprint density at radius 1 is 1.38 bits per heavy atom. The number of ether oxygens (including phenoxy) is 1. The second-order valence-corrected chi connectivity index (χ2v) is 4.72. The Morgan fingerprint density at radius 2 is 2.14 bits per heavy atom. The minimum Gasteiger partial charge on any atom is -0.394 e. The summed E-state index contributed by atoms with van der Waals surface area (Å²) in [5.74, 6) is 0.550. The molecular formula is C11H16N6O4. The van der Waals surface area contributed by atoms with Crippen LogP contribution in [0.5, 0.6) is 0 Å². The van der Waals surface area contributed by atoms with E-state index in [2.05, 4.69) is 20.3 Å². The van der Waals surface area contributed by atoms with E-state index in [1.807, 2.05) is 0 Å². The summed E-state index contributed by atoms with van der Waals surface area (Å²) in [5, 5.41) is 32.0. The number of aliphatic hydroxyl groups is 3. The molecule has 0 radical (unpaired) electrons. The maximum absolute atomic E-state index is 10.1. The molecule has 3 rings (SSSR count). The van der Waals surface area contributed by atoms with Crippen LogP contribution in [-0.2, 0) is 4.74 Å². The van der Waals surface area contributed by atoms with Crippen LogP contribution in [0, 0.1) is 0 Å². The number of rotatable bonds is 3. The van der Waals surface area contributed by atoms with Crippen molar-refractivity contribution in [2.45, 2.75) is 24.5 Å². The lowest BCUT2D eigenvalue weighted by atomic mass is 10.1. The molecule has 0 aromatic carbocycles. The van der Waals surface area contributed by atoms with E-state index in [0.717, 1.165) is 0 Å². The molecule has 21 heavy (non-hydrogen) atoms. The van der Waals surface area contributed by atoms with E-state index in [9.17, 15) is 15.3 Å². The summed E-state index contributed by atoms with van der Waals surface area (Å²) in [6.45, 7) is -0.409. The Morgan fingerprint density at radius 3 is 2.76 bits per heavy atom. The molecule has 6 N–H and O–H groups in total. The molecule has 0 spiro atoms. The molecule has 2 aromatic rings. The number of nitrogens with one attached hydrogen (secondary N) is 1. The molecule has 0 amide bonds. The first kappa shape index (κ1) is 13.9. The Hall–Kier alpha value is -2.01. The average molecular weight is 296 g/mol. The third-order valence-corrected chi connectivity index (χ3v) is 3.50. The highest BCUT2D eigenvalue weighted by molar-refractivity contribution is 5.84. The Labute approximate surface area is 119 Å². The number of nitrogen functional groups attached to an aromatic ring is 1. The molecule has 0 saturated carbocycles. The molecule has 10 heteroatoms. The quantitative estimate of drug-likeness (QED) is 0.435. The van der Waals surface area contributed by atoms with Crippen LogP contribution in [-0.4, -0.2) is 66.8 Å². The maximum atomic E-state index is 10.1. The molecule has 1 aliphatic rings. The van der Waals surface area contributed by atoms with Gasteiger partial charge in [0.2, 0.25) is 5.95 Å². The zero-order chi connectivity index (χ0) is 15.1. The fourth-order valence-corrected chi connectivity index (χ4v) is 2.44. The van der Waals surface area contributed by atoms with Gasteiger partial charge < -0.3 is 31.1 Å². The summed E-state index contributed by atoms with van der Waals surface area (Å²) in [5.41, 5.74) is 6.48. The van der Waals surface area contributed by atoms with Crippen LogP contribution in [0.2, 0.25) is 0 Å². The molecule has 3 heterocycles. The monoisotopic (exact) mass is 296 g/mol. The zero-order valence-electron chi connectivity index (χ0n) is 11.2. The normalized spacial score (nSPS) is 29.1. The van der Waals surface area contributed by atoms with Crippen LogP contribution in [0.1, 0.15) is 6.23 Å². The lowest BCUT2D eigenvalue weighted by Crippen LogP contribution is -2.33. The van der Waals surface area contributed by atoms with E-state index in [-0.39, 0.29) is 5.82 Å². The number of fused-ring (bicyclic) bond motifs is 1. The van der Waals surface area contributed by atoms with Crippen molar-refractivity contribution in [3.05, 3.63) is 6.33 Å². The number of nitrogens with zero attached hydrogens (tertiary/aromatic N) is 4. The van der Waals surface area contributed by atoms with Crippen molar-refractivity contribution >= 4 is 22.9 Å². The van der Waals surface area contributed by atoms with Crippen LogP contribution in [0.15, 0.2) is 6.33 Å². The summed E-state index contributed by atoms with van der Waals surface area (Å²) >= 11 is 0. The van der Waals surface area contributed by atoms with Crippen molar-refractivity contribution < 1.29 is 20.1 Å². The highest BCUT2D eigenvalue weighted by Gasteiger charge is 2.44. The molecule has 4 atom stereocenters. The van der Waals surface area contributed by atoms with Crippen LogP contribution in [0.3, 0.4) is 0 Å². The van der Waals surface area contributed by atoms with E-state index in [0.29, 0.717) is 17.1 Å². The van der Waals surface area contributed by atoms with Crippen LogP contribution in [0.4, 0.5) is 11.8 Å². The first-order valence-electron chi connectivity index (χ1n) is 6.37. The van der Waals surface area contributed by atoms with E-state index in [1.165, 1.54) is 10.9 Å². The Kier molecular flexibility index (Phi) is 3.37. The van der Waals surface area contributed by atoms with Crippen molar-refractivity contribution in [2.24, 2.45) is 0 Å². The van der Waals surface area contributed by atoms with Gasteiger partial charge in [-0.3, -0.25) is 4.57 Å². The first-order chi connectivity index (χ1) is 10.1. The van der Waals surface area contributed by atoms with Crippen molar-refractivity contribution in [3.8, 4) is 0 Å². The summed E-state index contributed by atoms with van der Waals surface area (Å²) in [6.07, 6.45) is -2.99. The standard InChI is InChI=1S/C11H16N6O4/c1-13-11-16-5-8(12)14-3-15-9(5)17(11)10-7(20)6(19)4(2-18)21-10/h3-4,6-7,10,18-20H,2H2,1H3,(H,13,16)(H2,12,14,15)/t4-,6+,7-,10-/m0/s1. The number of anilines is 2. The number of imidazole rings is 1. The topological polar surface area (TPSA) is 152 Å². The average Bonchev–Trinajstić information content (AvgIpc) is 2.99. The van der Waals surface area contributed by atoms with Gasteiger partial charge >= 0.3 is 0 Å². The predicted molar refractivity (Wildman–Crippen MR) is 72.3 cm³/mol. The van der Waals surface area contributed by atoms with Crippen molar-refractivity contribution in [1.29, 1.82) is 0 Å². The van der Waals surface area contributed by atoms with E-state index >= 15 is 0 Å². The van der Waals surface area contributed by atoms with Crippen molar-refractivity contribution in [1.82, 2.24) is 19.5 Å². The summed E-state index contributed by atoms with van der Waals surface area (Å²) in [4.78, 5) is 12.2. The van der Waals surface area contributed by atoms with Gasteiger partial charge in [-0.1, -0.05) is 0 Å². The van der Waals surface area contributed by atoms with E-state index in [1.54, 1.807) is 7.05 Å². The molecule has 0 aliphatic carbocycles. The van der Waals surface area contributed by atoms with Gasteiger partial charge in [0.25, 0.3) is 0 Å². The molecule has 10 nitrogen and oxygen atoms in total. The second kappa shape index (κ2) is 5.07. The van der Waals surface area contributed by atoms with Crippen LogP contribution >= 0.6 is 0 Å². The zero-order valence-corrected chi connectivity index (χ0v) is 11.2. The van der Waals surface area contributed by atoms with Crippen LogP contribution < -0.4 is 11.1 Å². The van der Waals surface area contributed by atoms with Gasteiger partial charge in [0, 0.05) is 7.05 Å². The minimum absolute atomic E-state index is 0.196. The van der Waals surface area contributed by atoms with Gasteiger partial charge in [-0.2, -0.15) is 0 Å². The highest BCUT2D eigenvalue weighted by Crippen LogP contribution is 2.34. The number of aromatic nitrogens is 4. The lowest BCUT2D eigenvalue weighted by Gasteiger charge is -2.18. The van der Waals surface area contributed by atoms with Gasteiger partial charge in [-0.25, -0.2) is 15.0 Å². The van der Waals surface area contributed by atoms with Gasteiger partial charge in [-0.15, -0.1) is 0 Å². The third-order valence-electron chi connectivity index (χ3n) is 3.50. The van der Waals surface area contributed by atoms with E-state index in [4.69, 9.17) is 10.5 Å². The summed E-state index contributed by atoms with van der Waals surface area (Å²) < 4.78 is 6.98. The smallest absolute Gasteiger partial charge is 0.207 e. The largest absolute Gasteiger partial charge is 0.394 e. The first-order valence-corrected chi connectivity index (χ1v) is 6.37. The van der Waals surface area contributed by atoms with Crippen molar-refractivity contribution in [3.63, 3.8) is 0 Å². The Bertz CT molecular complexity index is 661. The molecule has 0 unspecified atom stereocenters. The number of nitrogens with two attached hydrogens (primary N) is 1. The minimum atomic E-state index is -1.23. The molecule has 0 bridgehead atoms. The van der Waals surface area contributed by atoms with Crippen molar-refractivity contribution in [2.75, 3.05) is 24.7 Å². The van der Waals surface area contributed by atoms with Gasteiger partial charge in [0.1, 0.15) is 24.6 Å². The summed E-state index contributed by atoms with van der Waals surface area (Å²) in [6, 6.07) is 0.